The first-order valence-electron chi connectivity index (χ1n) is 9.33. The zero-order valence-corrected chi connectivity index (χ0v) is 17.4. The fourth-order valence-electron chi connectivity index (χ4n) is 2.83. The lowest BCUT2D eigenvalue weighted by atomic mass is 10.1. The van der Waals surface area contributed by atoms with Crippen LogP contribution in [-0.4, -0.2) is 42.5 Å². The van der Waals surface area contributed by atoms with E-state index in [1.54, 1.807) is 7.11 Å². The third-order valence-electron chi connectivity index (χ3n) is 4.40. The normalized spacial score (nSPS) is 11.7. The van der Waals surface area contributed by atoms with Crippen LogP contribution in [0.4, 0.5) is 0 Å². The number of halogens is 1. The van der Waals surface area contributed by atoms with Gasteiger partial charge in [0.05, 0.1) is 25.4 Å². The van der Waals surface area contributed by atoms with Gasteiger partial charge in [-0.05, 0) is 44.9 Å². The second-order valence-electron chi connectivity index (χ2n) is 6.36. The number of aromatic nitrogens is 2. The van der Waals surface area contributed by atoms with E-state index in [-0.39, 0.29) is 0 Å². The summed E-state index contributed by atoms with van der Waals surface area (Å²) in [6.07, 6.45) is 0.911. The fourth-order valence-corrected chi connectivity index (χ4v) is 2.96. The van der Waals surface area contributed by atoms with Crippen LogP contribution in [0.3, 0.4) is 0 Å². The molecule has 7 heteroatoms. The molecule has 1 heterocycles. The molecule has 0 radical (unpaired) electrons. The molecule has 0 aliphatic heterocycles. The van der Waals surface area contributed by atoms with Gasteiger partial charge in [-0.25, -0.2) is 4.99 Å². The van der Waals surface area contributed by atoms with E-state index < -0.39 is 0 Å². The van der Waals surface area contributed by atoms with Gasteiger partial charge in [-0.1, -0.05) is 23.7 Å². The van der Waals surface area contributed by atoms with E-state index in [0.717, 1.165) is 48.4 Å². The Bertz CT molecular complexity index is 740. The molecule has 2 aromatic rings. The summed E-state index contributed by atoms with van der Waals surface area (Å²) in [5, 5.41) is 12.1. The first-order chi connectivity index (χ1) is 13.0. The molecule has 2 rings (SSSR count). The van der Waals surface area contributed by atoms with Gasteiger partial charge in [0.1, 0.15) is 0 Å². The van der Waals surface area contributed by atoms with Crippen LogP contribution in [0.5, 0.6) is 0 Å². The zero-order chi connectivity index (χ0) is 19.6. The molecule has 0 bridgehead atoms. The lowest BCUT2D eigenvalue weighted by Gasteiger charge is -2.11. The molecule has 0 atom stereocenters. The number of benzene rings is 1. The third-order valence-corrected chi connectivity index (χ3v) is 4.65. The van der Waals surface area contributed by atoms with Gasteiger partial charge in [-0.3, -0.25) is 4.68 Å². The number of methoxy groups -OCH3 is 1. The molecule has 1 aromatic carbocycles. The summed E-state index contributed by atoms with van der Waals surface area (Å²) in [5.74, 6) is 0.815. The van der Waals surface area contributed by atoms with Gasteiger partial charge < -0.3 is 15.4 Å². The van der Waals surface area contributed by atoms with Crippen LogP contribution in [-0.2, 0) is 24.2 Å². The number of hydrogen-bond acceptors (Lipinski definition) is 3. The first-order valence-corrected chi connectivity index (χ1v) is 9.71. The van der Waals surface area contributed by atoms with Crippen molar-refractivity contribution >= 4 is 17.6 Å². The van der Waals surface area contributed by atoms with Crippen LogP contribution in [0.25, 0.3) is 0 Å². The number of nitrogens with one attached hydrogen (secondary N) is 2. The van der Waals surface area contributed by atoms with Crippen molar-refractivity contribution in [1.29, 1.82) is 0 Å². The van der Waals surface area contributed by atoms with Crippen molar-refractivity contribution < 1.29 is 4.74 Å². The molecule has 0 spiro atoms. The van der Waals surface area contributed by atoms with Crippen LogP contribution >= 0.6 is 11.6 Å². The Morgan fingerprint density at radius 3 is 2.63 bits per heavy atom. The second-order valence-corrected chi connectivity index (χ2v) is 6.80. The van der Waals surface area contributed by atoms with Gasteiger partial charge in [-0.15, -0.1) is 0 Å². The molecule has 0 saturated carbocycles. The lowest BCUT2D eigenvalue weighted by molar-refractivity contribution is 0.182. The van der Waals surface area contributed by atoms with Crippen molar-refractivity contribution in [2.24, 2.45) is 4.99 Å². The number of rotatable bonds is 9. The van der Waals surface area contributed by atoms with Crippen molar-refractivity contribution in [1.82, 2.24) is 20.4 Å². The Labute approximate surface area is 167 Å². The van der Waals surface area contributed by atoms with Crippen molar-refractivity contribution in [3.8, 4) is 0 Å². The van der Waals surface area contributed by atoms with Crippen LogP contribution in [0.1, 0.15) is 29.4 Å². The summed E-state index contributed by atoms with van der Waals surface area (Å²) in [7, 11) is 1.70. The van der Waals surface area contributed by atoms with Gasteiger partial charge >= 0.3 is 0 Å². The molecule has 27 heavy (non-hydrogen) atoms. The Kier molecular flexibility index (Phi) is 8.61. The van der Waals surface area contributed by atoms with Crippen LogP contribution in [0, 0.1) is 13.8 Å². The summed E-state index contributed by atoms with van der Waals surface area (Å²) in [6.45, 7) is 9.81. The molecule has 148 valence electrons. The monoisotopic (exact) mass is 391 g/mol. The van der Waals surface area contributed by atoms with E-state index in [9.17, 15) is 0 Å². The molecule has 0 aliphatic carbocycles. The average molecular weight is 392 g/mol. The van der Waals surface area contributed by atoms with Crippen LogP contribution < -0.4 is 10.6 Å². The molecule has 2 N–H and O–H groups in total. The maximum absolute atomic E-state index is 5.93. The average Bonchev–Trinajstić information content (AvgIpc) is 2.93. The summed E-state index contributed by atoms with van der Waals surface area (Å²) in [4.78, 5) is 4.73. The Morgan fingerprint density at radius 2 is 1.96 bits per heavy atom. The Hall–Kier alpha value is -2.05. The van der Waals surface area contributed by atoms with E-state index in [2.05, 4.69) is 41.7 Å². The summed E-state index contributed by atoms with van der Waals surface area (Å²) < 4.78 is 7.14. The number of ether oxygens (including phenoxy) is 1. The molecule has 0 saturated heterocycles. The molecule has 0 amide bonds. The van der Waals surface area contributed by atoms with Gasteiger partial charge in [-0.2, -0.15) is 5.10 Å². The molecule has 6 nitrogen and oxygen atoms in total. The van der Waals surface area contributed by atoms with Crippen molar-refractivity contribution in [2.75, 3.05) is 26.8 Å². The van der Waals surface area contributed by atoms with Crippen LogP contribution in [0.2, 0.25) is 5.02 Å². The van der Waals surface area contributed by atoms with Gasteiger partial charge in [0.25, 0.3) is 0 Å². The van der Waals surface area contributed by atoms with E-state index in [4.69, 9.17) is 21.3 Å². The summed E-state index contributed by atoms with van der Waals surface area (Å²) >= 11 is 5.93. The van der Waals surface area contributed by atoms with E-state index in [0.29, 0.717) is 13.2 Å². The van der Waals surface area contributed by atoms with Gasteiger partial charge in [0.2, 0.25) is 0 Å². The minimum absolute atomic E-state index is 0.598. The van der Waals surface area contributed by atoms with E-state index in [1.807, 2.05) is 23.7 Å². The zero-order valence-electron chi connectivity index (χ0n) is 16.7. The molecular formula is C20H30ClN5O. The predicted octanol–water partition coefficient (Wildman–Crippen LogP) is 3.10. The van der Waals surface area contributed by atoms with Gasteiger partial charge in [0, 0.05) is 36.5 Å². The summed E-state index contributed by atoms with van der Waals surface area (Å²) in [5.41, 5.74) is 4.57. The maximum Gasteiger partial charge on any atom is 0.191 e. The SMILES string of the molecule is CCNC(=NCc1c(C)nn(CCOC)c1C)NCCc1ccc(Cl)cc1. The number of aliphatic imine (C=N–C) groups is 1. The number of nitrogens with zero attached hydrogens (tertiary/aromatic N) is 3. The van der Waals surface area contributed by atoms with Gasteiger partial charge in [0.15, 0.2) is 5.96 Å². The Balaban J connectivity index is 1.96. The predicted molar refractivity (Wildman–Crippen MR) is 112 cm³/mol. The van der Waals surface area contributed by atoms with E-state index >= 15 is 0 Å². The molecule has 0 fully saturated rings. The number of guanidine groups is 1. The quantitative estimate of drug-likeness (QED) is 0.509. The first kappa shape index (κ1) is 21.3. The highest BCUT2D eigenvalue weighted by atomic mass is 35.5. The van der Waals surface area contributed by atoms with Crippen molar-refractivity contribution in [3.63, 3.8) is 0 Å². The highest BCUT2D eigenvalue weighted by molar-refractivity contribution is 6.30. The van der Waals surface area contributed by atoms with E-state index in [1.165, 1.54) is 11.1 Å². The molecule has 0 unspecified atom stereocenters. The maximum atomic E-state index is 5.93. The number of aryl methyl sites for hydroxylation is 1. The highest BCUT2D eigenvalue weighted by Crippen LogP contribution is 2.14. The lowest BCUT2D eigenvalue weighted by Crippen LogP contribution is -2.38. The molecule has 1 aromatic heterocycles. The molecule has 0 aliphatic rings. The Morgan fingerprint density at radius 1 is 1.22 bits per heavy atom. The fraction of sp³-hybridized carbons (Fsp3) is 0.500. The third kappa shape index (κ3) is 6.56. The van der Waals surface area contributed by atoms with Crippen molar-refractivity contribution in [3.05, 3.63) is 51.8 Å². The summed E-state index contributed by atoms with van der Waals surface area (Å²) in [6, 6.07) is 7.94. The van der Waals surface area contributed by atoms with Crippen LogP contribution in [0.15, 0.2) is 29.3 Å². The minimum Gasteiger partial charge on any atom is -0.383 e. The highest BCUT2D eigenvalue weighted by Gasteiger charge is 2.11. The standard InChI is InChI=1S/C20H30ClN5O/c1-5-22-20(23-11-10-17-6-8-18(21)9-7-17)24-14-19-15(2)25-26(16(19)3)12-13-27-4/h6-9H,5,10-14H2,1-4H3,(H2,22,23,24). The minimum atomic E-state index is 0.598. The number of hydrogen-bond donors (Lipinski definition) is 2. The second kappa shape index (κ2) is 10.9. The van der Waals surface area contributed by atoms with Crippen molar-refractivity contribution in [2.45, 2.75) is 40.3 Å². The smallest absolute Gasteiger partial charge is 0.191 e. The topological polar surface area (TPSA) is 63.5 Å². The molecular weight excluding hydrogens is 362 g/mol. The largest absolute Gasteiger partial charge is 0.383 e.